The van der Waals surface area contributed by atoms with Gasteiger partial charge in [-0.2, -0.15) is 11.8 Å². The zero-order chi connectivity index (χ0) is 14.5. The van der Waals surface area contributed by atoms with Crippen LogP contribution in [0, 0.1) is 5.41 Å². The third-order valence-electron chi connectivity index (χ3n) is 2.47. The molecule has 0 unspecified atom stereocenters. The van der Waals surface area contributed by atoms with Crippen LogP contribution < -0.4 is 5.73 Å². The molecule has 0 bridgehead atoms. The average Bonchev–Trinajstić information content (AvgIpc) is 2.26. The topological polar surface area (TPSA) is 76.2 Å². The molecule has 1 aromatic heterocycles. The van der Waals surface area contributed by atoms with Gasteiger partial charge >= 0.3 is 5.97 Å². The molecule has 0 saturated heterocycles. The molecule has 0 aliphatic carbocycles. The number of aromatic nitrogens is 1. The molecule has 0 fully saturated rings. The highest BCUT2D eigenvalue weighted by Crippen LogP contribution is 2.21. The fourth-order valence-electron chi connectivity index (χ4n) is 1.70. The second-order valence-electron chi connectivity index (χ2n) is 5.90. The number of nitrogens with zero attached hydrogens (tertiary/aromatic N) is 1. The van der Waals surface area contributed by atoms with Crippen LogP contribution >= 0.6 is 11.8 Å². The zero-order valence-corrected chi connectivity index (χ0v) is 12.5. The molecule has 5 heteroatoms. The maximum atomic E-state index is 10.6. The predicted molar refractivity (Wildman–Crippen MR) is 79.2 cm³/mol. The van der Waals surface area contributed by atoms with E-state index in [2.05, 4.69) is 31.8 Å². The number of carboxylic acids is 1. The molecule has 3 N–H and O–H groups in total. The third-order valence-corrected chi connectivity index (χ3v) is 3.60. The van der Waals surface area contributed by atoms with Gasteiger partial charge in [-0.1, -0.05) is 26.8 Å². The first-order valence-electron chi connectivity index (χ1n) is 6.27. The van der Waals surface area contributed by atoms with Crippen molar-refractivity contribution in [3.8, 4) is 0 Å². The maximum Gasteiger partial charge on any atom is 0.321 e. The van der Waals surface area contributed by atoms with Crippen LogP contribution in [-0.4, -0.2) is 27.9 Å². The van der Waals surface area contributed by atoms with Crippen LogP contribution in [0.2, 0.25) is 0 Å². The summed E-state index contributed by atoms with van der Waals surface area (Å²) in [6.45, 7) is 6.58. The molecule has 1 atom stereocenters. The number of aliphatic carboxylic acids is 1. The van der Waals surface area contributed by atoms with E-state index in [1.54, 1.807) is 0 Å². The van der Waals surface area contributed by atoms with Gasteiger partial charge in [0.05, 0.1) is 0 Å². The number of carbonyl (C=O) groups is 1. The lowest BCUT2D eigenvalue weighted by Gasteiger charge is -2.18. The van der Waals surface area contributed by atoms with Crippen LogP contribution in [0.4, 0.5) is 0 Å². The van der Waals surface area contributed by atoms with Crippen molar-refractivity contribution >= 4 is 17.7 Å². The lowest BCUT2D eigenvalue weighted by Crippen LogP contribution is -2.32. The number of hydrogen-bond donors (Lipinski definition) is 2. The summed E-state index contributed by atoms with van der Waals surface area (Å²) < 4.78 is 0. The molecule has 0 aliphatic heterocycles. The minimum Gasteiger partial charge on any atom is -0.480 e. The lowest BCUT2D eigenvalue weighted by atomic mass is 9.88. The van der Waals surface area contributed by atoms with Crippen LogP contribution in [0.25, 0.3) is 0 Å². The predicted octanol–water partition coefficient (Wildman–Crippen LogP) is 2.32. The molecule has 0 saturated carbocycles. The molecule has 4 nitrogen and oxygen atoms in total. The fourth-order valence-corrected chi connectivity index (χ4v) is 2.61. The fraction of sp³-hybridized carbons (Fsp3) is 0.571. The van der Waals surface area contributed by atoms with Gasteiger partial charge in [-0.05, 0) is 23.0 Å². The number of hydrogen-bond acceptors (Lipinski definition) is 4. The first-order valence-corrected chi connectivity index (χ1v) is 7.42. The van der Waals surface area contributed by atoms with Crippen molar-refractivity contribution in [2.45, 2.75) is 39.0 Å². The molecule has 1 aromatic rings. The minimum absolute atomic E-state index is 0.235. The van der Waals surface area contributed by atoms with E-state index in [9.17, 15) is 4.79 Å². The molecule has 0 amide bonds. The van der Waals surface area contributed by atoms with Crippen LogP contribution in [-0.2, 0) is 17.0 Å². The van der Waals surface area contributed by atoms with Gasteiger partial charge in [0.1, 0.15) is 6.04 Å². The molecule has 106 valence electrons. The summed E-state index contributed by atoms with van der Waals surface area (Å²) in [4.78, 5) is 14.8. The SMILES string of the molecule is CC(C)(C)Cc1cncc(CSC[C@H](N)C(=O)O)c1. The van der Waals surface area contributed by atoms with Gasteiger partial charge in [0.25, 0.3) is 0 Å². The van der Waals surface area contributed by atoms with Crippen LogP contribution in [0.3, 0.4) is 0 Å². The van der Waals surface area contributed by atoms with Gasteiger partial charge in [0.2, 0.25) is 0 Å². The summed E-state index contributed by atoms with van der Waals surface area (Å²) in [5.41, 5.74) is 8.02. The highest BCUT2D eigenvalue weighted by Gasteiger charge is 2.13. The molecule has 0 radical (unpaired) electrons. The largest absolute Gasteiger partial charge is 0.480 e. The van der Waals surface area contributed by atoms with Gasteiger partial charge in [0, 0.05) is 23.9 Å². The van der Waals surface area contributed by atoms with E-state index in [0.717, 1.165) is 17.7 Å². The Bertz CT molecular complexity index is 430. The molecule has 1 heterocycles. The molecule has 0 aromatic carbocycles. The van der Waals surface area contributed by atoms with Crippen molar-refractivity contribution in [3.05, 3.63) is 29.6 Å². The van der Waals surface area contributed by atoms with E-state index in [-0.39, 0.29) is 5.41 Å². The number of nitrogens with two attached hydrogens (primary N) is 1. The summed E-state index contributed by atoms with van der Waals surface area (Å²) in [6, 6.07) is 1.34. The van der Waals surface area contributed by atoms with Gasteiger partial charge in [-0.3, -0.25) is 9.78 Å². The highest BCUT2D eigenvalue weighted by atomic mass is 32.2. The van der Waals surface area contributed by atoms with Crippen molar-refractivity contribution in [2.24, 2.45) is 11.1 Å². The van der Waals surface area contributed by atoms with Crippen molar-refractivity contribution < 1.29 is 9.90 Å². The second-order valence-corrected chi connectivity index (χ2v) is 6.93. The second kappa shape index (κ2) is 6.91. The normalized spacial score (nSPS) is 13.3. The first kappa shape index (κ1) is 16.0. The zero-order valence-electron chi connectivity index (χ0n) is 11.7. The number of pyridine rings is 1. The summed E-state index contributed by atoms with van der Waals surface area (Å²) in [5, 5.41) is 8.70. The van der Waals surface area contributed by atoms with E-state index >= 15 is 0 Å². The number of thioether (sulfide) groups is 1. The van der Waals surface area contributed by atoms with E-state index in [4.69, 9.17) is 10.8 Å². The molecule has 19 heavy (non-hydrogen) atoms. The van der Waals surface area contributed by atoms with E-state index in [1.807, 2.05) is 12.4 Å². The van der Waals surface area contributed by atoms with E-state index in [0.29, 0.717) is 5.75 Å². The summed E-state index contributed by atoms with van der Waals surface area (Å²) >= 11 is 1.52. The van der Waals surface area contributed by atoms with Crippen molar-refractivity contribution in [2.75, 3.05) is 5.75 Å². The smallest absolute Gasteiger partial charge is 0.321 e. The van der Waals surface area contributed by atoms with E-state index < -0.39 is 12.0 Å². The van der Waals surface area contributed by atoms with E-state index in [1.165, 1.54) is 17.3 Å². The van der Waals surface area contributed by atoms with Crippen molar-refractivity contribution in [3.63, 3.8) is 0 Å². The Hall–Kier alpha value is -1.07. The highest BCUT2D eigenvalue weighted by molar-refractivity contribution is 7.98. The van der Waals surface area contributed by atoms with Crippen LogP contribution in [0.5, 0.6) is 0 Å². The molecule has 0 spiro atoms. The Morgan fingerprint density at radius 1 is 1.42 bits per heavy atom. The van der Waals surface area contributed by atoms with Crippen LogP contribution in [0.15, 0.2) is 18.5 Å². The Morgan fingerprint density at radius 3 is 2.63 bits per heavy atom. The quantitative estimate of drug-likeness (QED) is 0.837. The Labute approximate surface area is 118 Å². The molecular weight excluding hydrogens is 260 g/mol. The van der Waals surface area contributed by atoms with Gasteiger partial charge < -0.3 is 10.8 Å². The Balaban J connectivity index is 2.51. The van der Waals surface area contributed by atoms with Crippen LogP contribution in [0.1, 0.15) is 31.9 Å². The maximum absolute atomic E-state index is 10.6. The standard InChI is InChI=1S/C14H22N2O2S/c1-14(2,3)5-10-4-11(7-16-6-10)8-19-9-12(15)13(17)18/h4,6-7,12H,5,8-9,15H2,1-3H3,(H,17,18)/t12-/m0/s1. The summed E-state index contributed by atoms with van der Waals surface area (Å²) in [6.07, 6.45) is 4.70. The van der Waals surface area contributed by atoms with Crippen molar-refractivity contribution in [1.29, 1.82) is 0 Å². The van der Waals surface area contributed by atoms with Gasteiger partial charge in [0.15, 0.2) is 0 Å². The minimum atomic E-state index is -0.952. The van der Waals surface area contributed by atoms with Gasteiger partial charge in [-0.25, -0.2) is 0 Å². The molecule has 1 rings (SSSR count). The molecular formula is C14H22N2O2S. The summed E-state index contributed by atoms with van der Waals surface area (Å²) in [5.74, 6) is 0.206. The first-order chi connectivity index (χ1) is 8.78. The Kier molecular flexibility index (Phi) is 5.82. The third kappa shape index (κ3) is 6.59. The number of carboxylic acid groups (broad SMARTS) is 1. The van der Waals surface area contributed by atoms with Crippen molar-refractivity contribution in [1.82, 2.24) is 4.98 Å². The molecule has 0 aliphatic rings. The Morgan fingerprint density at radius 2 is 2.05 bits per heavy atom. The lowest BCUT2D eigenvalue weighted by molar-refractivity contribution is -0.137. The average molecular weight is 282 g/mol. The van der Waals surface area contributed by atoms with Gasteiger partial charge in [-0.15, -0.1) is 0 Å². The monoisotopic (exact) mass is 282 g/mol. The summed E-state index contributed by atoms with van der Waals surface area (Å²) in [7, 11) is 0. The number of rotatable bonds is 6.